The predicted octanol–water partition coefficient (Wildman–Crippen LogP) is 2.04. The lowest BCUT2D eigenvalue weighted by molar-refractivity contribution is -0.111. The fourth-order valence-corrected chi connectivity index (χ4v) is 4.08. The minimum absolute atomic E-state index is 0.0322. The summed E-state index contributed by atoms with van der Waals surface area (Å²) in [7, 11) is -4.43. The van der Waals surface area contributed by atoms with E-state index in [0.29, 0.717) is 16.8 Å². The number of carbonyl (C=O) groups excluding carboxylic acids is 2. The number of nitrogens with one attached hydrogen (secondary N) is 1. The molecule has 0 atom stereocenters. The summed E-state index contributed by atoms with van der Waals surface area (Å²) < 4.78 is 24.6. The van der Waals surface area contributed by atoms with Gasteiger partial charge in [0.05, 0.1) is 11.3 Å². The first kappa shape index (κ1) is 22.5. The predicted molar refractivity (Wildman–Crippen MR) is 122 cm³/mol. The van der Waals surface area contributed by atoms with Crippen molar-refractivity contribution < 1.29 is 23.1 Å². The first-order chi connectivity index (χ1) is 15.1. The maximum absolute atomic E-state index is 12.3. The molecule has 0 aromatic heterocycles. The molecule has 3 aromatic carbocycles. The second-order valence-electron chi connectivity index (χ2n) is 6.78. The largest absolute Gasteiger partial charge is 0.508 e. The van der Waals surface area contributed by atoms with Gasteiger partial charge in [-0.3, -0.25) is 9.59 Å². The van der Waals surface area contributed by atoms with Crippen LogP contribution in [0.3, 0.4) is 0 Å². The number of nitrogen functional groups attached to an aromatic ring is 1. The van der Waals surface area contributed by atoms with Crippen molar-refractivity contribution in [1.29, 1.82) is 0 Å². The molecule has 32 heavy (non-hydrogen) atoms. The van der Waals surface area contributed by atoms with E-state index in [2.05, 4.69) is 5.32 Å². The van der Waals surface area contributed by atoms with Crippen LogP contribution >= 0.6 is 0 Å². The first-order valence-electron chi connectivity index (χ1n) is 9.20. The zero-order valence-electron chi connectivity index (χ0n) is 16.6. The molecule has 164 valence electrons. The Morgan fingerprint density at radius 3 is 2.19 bits per heavy atom. The van der Waals surface area contributed by atoms with Crippen LogP contribution in [0, 0.1) is 0 Å². The molecule has 0 spiro atoms. The van der Waals surface area contributed by atoms with Gasteiger partial charge in [-0.1, -0.05) is 30.3 Å². The molecule has 0 heterocycles. The van der Waals surface area contributed by atoms with Gasteiger partial charge in [0.1, 0.15) is 10.6 Å². The van der Waals surface area contributed by atoms with Crippen molar-refractivity contribution >= 4 is 39.3 Å². The van der Waals surface area contributed by atoms with E-state index in [0.717, 1.165) is 6.08 Å². The summed E-state index contributed by atoms with van der Waals surface area (Å²) in [5.74, 6) is -1.63. The molecule has 3 rings (SSSR count). The molecule has 0 radical (unpaired) electrons. The third-order valence-electron chi connectivity index (χ3n) is 4.51. The Hall–Kier alpha value is -4.15. The number of rotatable bonds is 6. The van der Waals surface area contributed by atoms with Gasteiger partial charge in [-0.25, -0.2) is 13.6 Å². The molecular formula is C22H20N4O5S. The number of hydrogen-bond acceptors (Lipinski definition) is 6. The van der Waals surface area contributed by atoms with Crippen molar-refractivity contribution in [3.05, 3.63) is 77.9 Å². The molecule has 10 heteroatoms. The van der Waals surface area contributed by atoms with E-state index in [1.165, 1.54) is 36.4 Å². The topological polar surface area (TPSA) is 179 Å². The third-order valence-corrected chi connectivity index (χ3v) is 5.52. The SMILES string of the molecule is NC(=O)c1c(N)c(-c2ccccc2)cc(C=CC(=O)Nc2ccc(O)cc2)c1S(N)(=O)=O. The minimum atomic E-state index is -4.43. The van der Waals surface area contributed by atoms with Gasteiger partial charge in [0.2, 0.25) is 15.9 Å². The second-order valence-corrected chi connectivity index (χ2v) is 8.27. The van der Waals surface area contributed by atoms with Crippen LogP contribution in [0.1, 0.15) is 15.9 Å². The number of nitrogens with two attached hydrogens (primary N) is 3. The minimum Gasteiger partial charge on any atom is -0.508 e. The maximum Gasteiger partial charge on any atom is 0.252 e. The number of phenolic OH excluding ortho intramolecular Hbond substituents is 1. The van der Waals surface area contributed by atoms with Crippen LogP contribution in [0.4, 0.5) is 11.4 Å². The highest BCUT2D eigenvalue weighted by atomic mass is 32.2. The van der Waals surface area contributed by atoms with Crippen molar-refractivity contribution in [2.75, 3.05) is 11.1 Å². The Labute approximate surface area is 184 Å². The summed E-state index contributed by atoms with van der Waals surface area (Å²) in [5.41, 5.74) is 12.3. The molecule has 0 aliphatic heterocycles. The molecule has 0 saturated carbocycles. The van der Waals surface area contributed by atoms with Crippen LogP contribution in [-0.4, -0.2) is 25.3 Å². The zero-order valence-corrected chi connectivity index (χ0v) is 17.5. The van der Waals surface area contributed by atoms with Crippen LogP contribution < -0.4 is 21.9 Å². The Kier molecular flexibility index (Phi) is 6.28. The lowest BCUT2D eigenvalue weighted by atomic mass is 9.96. The van der Waals surface area contributed by atoms with Crippen molar-refractivity contribution in [2.45, 2.75) is 4.90 Å². The molecule has 0 bridgehead atoms. The number of benzene rings is 3. The standard InChI is InChI=1S/C22H20N4O5S/c23-20-17(13-4-2-1-3-5-13)12-14(21(32(25,30)31)19(20)22(24)29)6-11-18(28)26-15-7-9-16(27)10-8-15/h1-12,27H,23H2,(H2,24,29)(H,26,28)(H2,25,30,31). The fraction of sp³-hybridized carbons (Fsp3) is 0. The van der Waals surface area contributed by atoms with Gasteiger partial charge in [-0.15, -0.1) is 0 Å². The first-order valence-corrected chi connectivity index (χ1v) is 10.7. The van der Waals surface area contributed by atoms with Crippen molar-refractivity contribution in [1.82, 2.24) is 0 Å². The van der Waals surface area contributed by atoms with Gasteiger partial charge in [0, 0.05) is 17.3 Å². The molecule has 2 amide bonds. The lowest BCUT2D eigenvalue weighted by Crippen LogP contribution is -2.24. The average Bonchev–Trinajstić information content (AvgIpc) is 2.73. The van der Waals surface area contributed by atoms with Crippen LogP contribution in [0.25, 0.3) is 17.2 Å². The lowest BCUT2D eigenvalue weighted by Gasteiger charge is -2.16. The smallest absolute Gasteiger partial charge is 0.252 e. The second kappa shape index (κ2) is 8.92. The van der Waals surface area contributed by atoms with Gasteiger partial charge in [0.15, 0.2) is 0 Å². The van der Waals surface area contributed by atoms with E-state index < -0.39 is 32.3 Å². The summed E-state index contributed by atoms with van der Waals surface area (Å²) in [5, 5.41) is 17.2. The van der Waals surface area contributed by atoms with E-state index in [-0.39, 0.29) is 17.0 Å². The Bertz CT molecular complexity index is 1320. The van der Waals surface area contributed by atoms with E-state index in [1.54, 1.807) is 30.3 Å². The van der Waals surface area contributed by atoms with Crippen LogP contribution in [0.15, 0.2) is 71.6 Å². The van der Waals surface area contributed by atoms with Gasteiger partial charge >= 0.3 is 0 Å². The average molecular weight is 452 g/mol. The number of carbonyl (C=O) groups is 2. The normalized spacial score (nSPS) is 11.4. The van der Waals surface area contributed by atoms with Crippen molar-refractivity contribution in [3.8, 4) is 16.9 Å². The van der Waals surface area contributed by atoms with Crippen LogP contribution in [0.2, 0.25) is 0 Å². The molecule has 0 fully saturated rings. The van der Waals surface area contributed by atoms with Gasteiger partial charge in [-0.05, 0) is 47.5 Å². The van der Waals surface area contributed by atoms with Crippen molar-refractivity contribution in [2.24, 2.45) is 10.9 Å². The molecule has 0 unspecified atom stereocenters. The van der Waals surface area contributed by atoms with E-state index in [1.807, 2.05) is 0 Å². The summed E-state index contributed by atoms with van der Waals surface area (Å²) in [6, 6.07) is 15.9. The summed E-state index contributed by atoms with van der Waals surface area (Å²) in [6.07, 6.45) is 2.28. The Morgan fingerprint density at radius 1 is 1.00 bits per heavy atom. The number of aromatic hydroxyl groups is 1. The number of sulfonamides is 1. The van der Waals surface area contributed by atoms with E-state index in [4.69, 9.17) is 16.6 Å². The zero-order chi connectivity index (χ0) is 23.5. The highest BCUT2D eigenvalue weighted by molar-refractivity contribution is 7.89. The van der Waals surface area contributed by atoms with Crippen LogP contribution in [-0.2, 0) is 14.8 Å². The highest BCUT2D eigenvalue weighted by Gasteiger charge is 2.26. The molecule has 0 saturated heterocycles. The van der Waals surface area contributed by atoms with Gasteiger partial charge in [-0.2, -0.15) is 0 Å². The van der Waals surface area contributed by atoms with E-state index in [9.17, 15) is 23.1 Å². The van der Waals surface area contributed by atoms with Crippen molar-refractivity contribution in [3.63, 3.8) is 0 Å². The quantitative estimate of drug-likeness (QED) is 0.217. The summed E-state index contributed by atoms with van der Waals surface area (Å²) in [4.78, 5) is 23.9. The number of amides is 2. The monoisotopic (exact) mass is 452 g/mol. The van der Waals surface area contributed by atoms with Gasteiger partial charge < -0.3 is 21.9 Å². The van der Waals surface area contributed by atoms with Crippen LogP contribution in [0.5, 0.6) is 5.75 Å². The van der Waals surface area contributed by atoms with E-state index >= 15 is 0 Å². The molecule has 9 nitrogen and oxygen atoms in total. The summed E-state index contributed by atoms with van der Waals surface area (Å²) in [6.45, 7) is 0. The number of primary amides is 1. The number of hydrogen-bond donors (Lipinski definition) is 5. The molecule has 0 aliphatic rings. The molecule has 3 aromatic rings. The molecular weight excluding hydrogens is 432 g/mol. The molecule has 0 aliphatic carbocycles. The number of phenols is 1. The molecule has 8 N–H and O–H groups in total. The maximum atomic E-state index is 12.3. The fourth-order valence-electron chi connectivity index (χ4n) is 3.13. The van der Waals surface area contributed by atoms with Gasteiger partial charge in [0.25, 0.3) is 5.91 Å². The number of anilines is 2. The third kappa shape index (κ3) is 4.94. The number of primary sulfonamides is 1. The Balaban J connectivity index is 2.13. The highest BCUT2D eigenvalue weighted by Crippen LogP contribution is 2.35. The Morgan fingerprint density at radius 2 is 1.62 bits per heavy atom. The summed E-state index contributed by atoms with van der Waals surface area (Å²) >= 11 is 0.